The maximum atomic E-state index is 11.8. The number of aryl methyl sites for hydroxylation is 1. The van der Waals surface area contributed by atoms with Gasteiger partial charge >= 0.3 is 0 Å². The molecule has 1 atom stereocenters. The average Bonchev–Trinajstić information content (AvgIpc) is 2.30. The number of hydrogen-bond acceptors (Lipinski definition) is 2. The Labute approximate surface area is 101 Å². The number of allylic oxidation sites excluding steroid dienone is 4. The van der Waals surface area contributed by atoms with Gasteiger partial charge in [0.1, 0.15) is 5.82 Å². The van der Waals surface area contributed by atoms with Crippen LogP contribution in [0.3, 0.4) is 0 Å². The Hall–Kier alpha value is -1.90. The van der Waals surface area contributed by atoms with Crippen LogP contribution >= 0.6 is 0 Å². The first kappa shape index (κ1) is 11.6. The fourth-order valence-electron chi connectivity index (χ4n) is 1.83. The van der Waals surface area contributed by atoms with Gasteiger partial charge in [-0.15, -0.1) is 0 Å². The van der Waals surface area contributed by atoms with Crippen molar-refractivity contribution in [1.29, 1.82) is 0 Å². The smallest absolute Gasteiger partial charge is 0.226 e. The average molecular weight is 228 g/mol. The molecule has 1 amide bonds. The number of aromatic nitrogens is 1. The molecule has 1 N–H and O–H groups in total. The van der Waals surface area contributed by atoms with Gasteiger partial charge in [-0.1, -0.05) is 30.4 Å². The first-order valence-corrected chi connectivity index (χ1v) is 5.81. The molecule has 0 saturated carbocycles. The zero-order valence-corrected chi connectivity index (χ0v) is 9.89. The molecule has 1 aromatic rings. The highest BCUT2D eigenvalue weighted by Gasteiger charge is 2.11. The van der Waals surface area contributed by atoms with Gasteiger partial charge in [0.05, 0.1) is 0 Å². The lowest BCUT2D eigenvalue weighted by Gasteiger charge is -2.12. The number of pyridine rings is 1. The summed E-state index contributed by atoms with van der Waals surface area (Å²) in [5.74, 6) is 0.961. The van der Waals surface area contributed by atoms with E-state index in [2.05, 4.69) is 22.5 Å². The molecular weight excluding hydrogens is 212 g/mol. The Morgan fingerprint density at radius 2 is 2.35 bits per heavy atom. The normalized spacial score (nSPS) is 18.1. The molecule has 0 fully saturated rings. The number of carbonyl (C=O) groups excluding carboxylic acids is 1. The molecule has 0 spiro atoms. The van der Waals surface area contributed by atoms with E-state index >= 15 is 0 Å². The third-order valence-electron chi connectivity index (χ3n) is 2.67. The van der Waals surface area contributed by atoms with Gasteiger partial charge in [-0.3, -0.25) is 4.79 Å². The molecule has 1 aliphatic rings. The van der Waals surface area contributed by atoms with Crippen molar-refractivity contribution in [3.63, 3.8) is 0 Å². The van der Waals surface area contributed by atoms with Crippen LogP contribution in [0.2, 0.25) is 0 Å². The summed E-state index contributed by atoms with van der Waals surface area (Å²) in [6.07, 6.45) is 9.61. The summed E-state index contributed by atoms with van der Waals surface area (Å²) in [7, 11) is 0. The third kappa shape index (κ3) is 3.55. The van der Waals surface area contributed by atoms with Gasteiger partial charge in [0.25, 0.3) is 0 Å². The van der Waals surface area contributed by atoms with Crippen LogP contribution in [0, 0.1) is 12.8 Å². The van der Waals surface area contributed by atoms with E-state index in [-0.39, 0.29) is 5.91 Å². The Balaban J connectivity index is 1.89. The number of hydrogen-bond donors (Lipinski definition) is 1. The van der Waals surface area contributed by atoms with Crippen LogP contribution in [0.1, 0.15) is 18.5 Å². The number of rotatable bonds is 3. The number of anilines is 1. The monoisotopic (exact) mass is 228 g/mol. The highest BCUT2D eigenvalue weighted by molar-refractivity contribution is 5.90. The minimum Gasteiger partial charge on any atom is -0.311 e. The number of nitrogens with one attached hydrogen (secondary N) is 1. The molecule has 88 valence electrons. The molecule has 3 nitrogen and oxygen atoms in total. The van der Waals surface area contributed by atoms with Crippen molar-refractivity contribution in [2.75, 3.05) is 5.32 Å². The van der Waals surface area contributed by atoms with Crippen molar-refractivity contribution < 1.29 is 4.79 Å². The molecule has 1 aromatic heterocycles. The van der Waals surface area contributed by atoms with Crippen LogP contribution in [0.25, 0.3) is 0 Å². The lowest BCUT2D eigenvalue weighted by atomic mass is 9.97. The molecule has 17 heavy (non-hydrogen) atoms. The third-order valence-corrected chi connectivity index (χ3v) is 2.67. The van der Waals surface area contributed by atoms with Crippen molar-refractivity contribution in [1.82, 2.24) is 4.98 Å². The highest BCUT2D eigenvalue weighted by Crippen LogP contribution is 2.16. The maximum absolute atomic E-state index is 11.8. The molecule has 0 aliphatic heterocycles. The SMILES string of the molecule is Cc1cccc(NC(=O)CC2C=CC=CC2)n1. The largest absolute Gasteiger partial charge is 0.311 e. The van der Waals surface area contributed by atoms with Gasteiger partial charge in [0.15, 0.2) is 0 Å². The fourth-order valence-corrected chi connectivity index (χ4v) is 1.83. The van der Waals surface area contributed by atoms with E-state index in [1.54, 1.807) is 0 Å². The molecule has 0 saturated heterocycles. The molecule has 0 bridgehead atoms. The summed E-state index contributed by atoms with van der Waals surface area (Å²) in [4.78, 5) is 16.0. The number of amides is 1. The zero-order valence-electron chi connectivity index (χ0n) is 9.89. The topological polar surface area (TPSA) is 42.0 Å². The molecule has 0 aromatic carbocycles. The number of nitrogens with zero attached hydrogens (tertiary/aromatic N) is 1. The molecule has 1 heterocycles. The van der Waals surface area contributed by atoms with Crippen LogP contribution in [0.15, 0.2) is 42.5 Å². The van der Waals surface area contributed by atoms with Gasteiger partial charge < -0.3 is 5.32 Å². The van der Waals surface area contributed by atoms with Gasteiger partial charge in [0, 0.05) is 12.1 Å². The second-order valence-electron chi connectivity index (χ2n) is 4.23. The molecule has 3 heteroatoms. The van der Waals surface area contributed by atoms with Crippen molar-refractivity contribution in [3.8, 4) is 0 Å². The quantitative estimate of drug-likeness (QED) is 0.864. The van der Waals surface area contributed by atoms with E-state index in [4.69, 9.17) is 0 Å². The van der Waals surface area contributed by atoms with Crippen LogP contribution in [-0.2, 0) is 4.79 Å². The highest BCUT2D eigenvalue weighted by atomic mass is 16.1. The summed E-state index contributed by atoms with van der Waals surface area (Å²) in [6.45, 7) is 1.91. The van der Waals surface area contributed by atoms with Crippen molar-refractivity contribution >= 4 is 11.7 Å². The van der Waals surface area contributed by atoms with Crippen molar-refractivity contribution in [2.24, 2.45) is 5.92 Å². The molecule has 1 aliphatic carbocycles. The number of carbonyl (C=O) groups is 1. The second kappa shape index (κ2) is 5.43. The predicted octanol–water partition coefficient (Wildman–Crippen LogP) is 2.85. The Bertz CT molecular complexity index is 463. The lowest BCUT2D eigenvalue weighted by Crippen LogP contribution is -2.16. The summed E-state index contributed by atoms with van der Waals surface area (Å²) in [6, 6.07) is 5.60. The van der Waals surface area contributed by atoms with Gasteiger partial charge in [-0.05, 0) is 31.4 Å². The summed E-state index contributed by atoms with van der Waals surface area (Å²) in [5, 5.41) is 2.82. The summed E-state index contributed by atoms with van der Waals surface area (Å²) < 4.78 is 0. The van der Waals surface area contributed by atoms with E-state index in [0.29, 0.717) is 18.2 Å². The Morgan fingerprint density at radius 3 is 3.06 bits per heavy atom. The Kier molecular flexibility index (Phi) is 3.70. The maximum Gasteiger partial charge on any atom is 0.226 e. The second-order valence-corrected chi connectivity index (χ2v) is 4.23. The lowest BCUT2D eigenvalue weighted by molar-refractivity contribution is -0.116. The Morgan fingerprint density at radius 1 is 1.47 bits per heavy atom. The predicted molar refractivity (Wildman–Crippen MR) is 68.6 cm³/mol. The molecule has 1 unspecified atom stereocenters. The van der Waals surface area contributed by atoms with E-state index in [1.165, 1.54) is 0 Å². The van der Waals surface area contributed by atoms with Gasteiger partial charge in [0.2, 0.25) is 5.91 Å². The van der Waals surface area contributed by atoms with Gasteiger partial charge in [-0.25, -0.2) is 4.98 Å². The fraction of sp³-hybridized carbons (Fsp3) is 0.286. The van der Waals surface area contributed by atoms with Gasteiger partial charge in [-0.2, -0.15) is 0 Å². The van der Waals surface area contributed by atoms with Crippen molar-refractivity contribution in [2.45, 2.75) is 19.8 Å². The van der Waals surface area contributed by atoms with E-state index < -0.39 is 0 Å². The minimum atomic E-state index is 0.0213. The van der Waals surface area contributed by atoms with E-state index in [0.717, 1.165) is 12.1 Å². The molecular formula is C14H16N2O. The van der Waals surface area contributed by atoms with Crippen LogP contribution in [-0.4, -0.2) is 10.9 Å². The zero-order chi connectivity index (χ0) is 12.1. The molecule has 2 rings (SSSR count). The first-order chi connectivity index (χ1) is 8.24. The summed E-state index contributed by atoms with van der Waals surface area (Å²) in [5.41, 5.74) is 0.906. The minimum absolute atomic E-state index is 0.0213. The molecule has 0 radical (unpaired) electrons. The standard InChI is InChI=1S/C14H16N2O/c1-11-6-5-9-13(15-11)16-14(17)10-12-7-3-2-4-8-12/h2-7,9,12H,8,10H2,1H3,(H,15,16,17). The van der Waals surface area contributed by atoms with E-state index in [9.17, 15) is 4.79 Å². The van der Waals surface area contributed by atoms with Crippen molar-refractivity contribution in [3.05, 3.63) is 48.2 Å². The van der Waals surface area contributed by atoms with E-state index in [1.807, 2.05) is 37.3 Å². The van der Waals surface area contributed by atoms with Crippen LogP contribution < -0.4 is 5.32 Å². The summed E-state index contributed by atoms with van der Waals surface area (Å²) >= 11 is 0. The first-order valence-electron chi connectivity index (χ1n) is 5.81. The van der Waals surface area contributed by atoms with Crippen LogP contribution in [0.4, 0.5) is 5.82 Å². The van der Waals surface area contributed by atoms with Crippen LogP contribution in [0.5, 0.6) is 0 Å².